The number of allylic oxidation sites excluding steroid dienone is 1. The molecule has 0 aromatic heterocycles. The summed E-state index contributed by atoms with van der Waals surface area (Å²) in [7, 11) is 0. The van der Waals surface area contributed by atoms with Crippen LogP contribution in [0, 0.1) is 5.92 Å². The molecule has 0 N–H and O–H groups in total. The van der Waals surface area contributed by atoms with Gasteiger partial charge in [-0.1, -0.05) is 18.2 Å². The van der Waals surface area contributed by atoms with Crippen LogP contribution in [-0.2, 0) is 20.7 Å². The number of carbonyl (C=O) groups excluding carboxylic acids is 2. The molecule has 4 heteroatoms. The highest BCUT2D eigenvalue weighted by Crippen LogP contribution is 2.21. The second-order valence-electron chi connectivity index (χ2n) is 8.50. The smallest absolute Gasteiger partial charge is 0.338 e. The summed E-state index contributed by atoms with van der Waals surface area (Å²) in [4.78, 5) is 24.6. The molecule has 4 nitrogen and oxygen atoms in total. The van der Waals surface area contributed by atoms with E-state index in [1.165, 1.54) is 0 Å². The van der Waals surface area contributed by atoms with Crippen LogP contribution < -0.4 is 0 Å². The molecule has 1 aromatic rings. The number of hydrogen-bond acceptors (Lipinski definition) is 4. The van der Waals surface area contributed by atoms with Gasteiger partial charge in [-0.25, -0.2) is 4.79 Å². The van der Waals surface area contributed by atoms with Crippen LogP contribution in [0.5, 0.6) is 0 Å². The quantitative estimate of drug-likeness (QED) is 0.501. The van der Waals surface area contributed by atoms with Gasteiger partial charge in [-0.2, -0.15) is 0 Å². The second kappa shape index (κ2) is 9.02. The third-order valence-electron chi connectivity index (χ3n) is 3.53. The lowest BCUT2D eigenvalue weighted by Crippen LogP contribution is -2.29. The zero-order valence-electron chi connectivity index (χ0n) is 16.9. The molecule has 0 fully saturated rings. The van der Waals surface area contributed by atoms with Crippen molar-refractivity contribution in [2.75, 3.05) is 0 Å². The number of hydrogen-bond donors (Lipinski definition) is 0. The maximum Gasteiger partial charge on any atom is 0.338 e. The van der Waals surface area contributed by atoms with Crippen LogP contribution in [0.2, 0.25) is 0 Å². The normalized spacial score (nSPS) is 13.0. The maximum atomic E-state index is 12.5. The summed E-state index contributed by atoms with van der Waals surface area (Å²) in [6.07, 6.45) is 3.81. The van der Waals surface area contributed by atoms with E-state index in [0.29, 0.717) is 18.4 Å². The molecule has 1 rings (SSSR count). The number of ether oxygens (including phenoxy) is 2. The Morgan fingerprint density at radius 2 is 1.54 bits per heavy atom. The molecule has 0 aliphatic carbocycles. The van der Waals surface area contributed by atoms with E-state index in [0.717, 1.165) is 12.0 Å². The zero-order chi connectivity index (χ0) is 20.0. The van der Waals surface area contributed by atoms with E-state index >= 15 is 0 Å². The Balaban J connectivity index is 2.83. The van der Waals surface area contributed by atoms with Gasteiger partial charge in [0.2, 0.25) is 0 Å². The van der Waals surface area contributed by atoms with Crippen LogP contribution in [0.25, 0.3) is 0 Å². The fourth-order valence-corrected chi connectivity index (χ4v) is 2.41. The lowest BCUT2D eigenvalue weighted by atomic mass is 9.94. The Labute approximate surface area is 157 Å². The molecule has 1 atom stereocenters. The lowest BCUT2D eigenvalue weighted by molar-refractivity contribution is -0.160. The van der Waals surface area contributed by atoms with Crippen molar-refractivity contribution in [2.45, 2.75) is 72.0 Å². The molecular formula is C22H32O4. The molecule has 1 aromatic carbocycles. The van der Waals surface area contributed by atoms with E-state index < -0.39 is 11.2 Å². The van der Waals surface area contributed by atoms with Crippen molar-refractivity contribution in [1.29, 1.82) is 0 Å². The minimum Gasteiger partial charge on any atom is -0.460 e. The van der Waals surface area contributed by atoms with Crippen LogP contribution in [0.1, 0.15) is 70.3 Å². The molecule has 144 valence electrons. The summed E-state index contributed by atoms with van der Waals surface area (Å²) in [5.41, 5.74) is 0.451. The molecule has 0 spiro atoms. The topological polar surface area (TPSA) is 52.6 Å². The summed E-state index contributed by atoms with van der Waals surface area (Å²) >= 11 is 0. The van der Waals surface area contributed by atoms with E-state index in [1.807, 2.05) is 59.8 Å². The molecule has 26 heavy (non-hydrogen) atoms. The summed E-state index contributed by atoms with van der Waals surface area (Å²) in [6.45, 7) is 14.8. The Bertz CT molecular complexity index is 615. The van der Waals surface area contributed by atoms with Gasteiger partial charge in [0.25, 0.3) is 0 Å². The monoisotopic (exact) mass is 360 g/mol. The predicted octanol–water partition coefficient (Wildman–Crippen LogP) is 5.11. The van der Waals surface area contributed by atoms with Crippen molar-refractivity contribution in [3.05, 3.63) is 48.0 Å². The summed E-state index contributed by atoms with van der Waals surface area (Å²) < 4.78 is 10.9. The largest absolute Gasteiger partial charge is 0.460 e. The standard InChI is InChI=1S/C22H32O4/c1-8-9-10-18(20(24)26-22(5,6)7)15-16-11-13-17(14-12-16)19(23)25-21(2,3)4/h8,11-14,18H,1,9-10,15H2,2-7H3. The fraction of sp³-hybridized carbons (Fsp3) is 0.545. The van der Waals surface area contributed by atoms with Crippen molar-refractivity contribution >= 4 is 11.9 Å². The predicted molar refractivity (Wildman–Crippen MR) is 104 cm³/mol. The number of esters is 2. The van der Waals surface area contributed by atoms with Crippen LogP contribution in [0.15, 0.2) is 36.9 Å². The molecule has 0 aliphatic rings. The van der Waals surface area contributed by atoms with Gasteiger partial charge in [-0.15, -0.1) is 6.58 Å². The van der Waals surface area contributed by atoms with Crippen LogP contribution in [0.3, 0.4) is 0 Å². The first-order valence-electron chi connectivity index (χ1n) is 9.07. The highest BCUT2D eigenvalue weighted by molar-refractivity contribution is 5.89. The van der Waals surface area contributed by atoms with Gasteiger partial charge >= 0.3 is 11.9 Å². The highest BCUT2D eigenvalue weighted by atomic mass is 16.6. The van der Waals surface area contributed by atoms with Crippen LogP contribution in [-0.4, -0.2) is 23.1 Å². The third-order valence-corrected chi connectivity index (χ3v) is 3.53. The van der Waals surface area contributed by atoms with Crippen molar-refractivity contribution in [2.24, 2.45) is 5.92 Å². The van der Waals surface area contributed by atoms with Crippen molar-refractivity contribution in [3.8, 4) is 0 Å². The zero-order valence-corrected chi connectivity index (χ0v) is 16.9. The third kappa shape index (κ3) is 8.32. The van der Waals surface area contributed by atoms with Crippen LogP contribution >= 0.6 is 0 Å². The Morgan fingerprint density at radius 3 is 2.00 bits per heavy atom. The van der Waals surface area contributed by atoms with E-state index in [2.05, 4.69) is 6.58 Å². The molecule has 0 radical (unpaired) electrons. The van der Waals surface area contributed by atoms with Gasteiger partial charge in [0.1, 0.15) is 11.2 Å². The van der Waals surface area contributed by atoms with Gasteiger partial charge < -0.3 is 9.47 Å². The molecular weight excluding hydrogens is 328 g/mol. The summed E-state index contributed by atoms with van der Waals surface area (Å²) in [6, 6.07) is 7.21. The second-order valence-corrected chi connectivity index (χ2v) is 8.50. The van der Waals surface area contributed by atoms with Gasteiger partial charge in [0, 0.05) is 0 Å². The first-order valence-corrected chi connectivity index (χ1v) is 9.07. The van der Waals surface area contributed by atoms with E-state index in [-0.39, 0.29) is 17.9 Å². The van der Waals surface area contributed by atoms with Gasteiger partial charge in [0.15, 0.2) is 0 Å². The van der Waals surface area contributed by atoms with Crippen molar-refractivity contribution < 1.29 is 19.1 Å². The van der Waals surface area contributed by atoms with Gasteiger partial charge in [-0.05, 0) is 78.5 Å². The van der Waals surface area contributed by atoms with E-state index in [4.69, 9.17) is 9.47 Å². The number of benzene rings is 1. The molecule has 0 saturated carbocycles. The maximum absolute atomic E-state index is 12.5. The minimum absolute atomic E-state index is 0.199. The van der Waals surface area contributed by atoms with Crippen molar-refractivity contribution in [1.82, 2.24) is 0 Å². The minimum atomic E-state index is -0.526. The number of rotatable bonds is 7. The highest BCUT2D eigenvalue weighted by Gasteiger charge is 2.25. The molecule has 0 saturated heterocycles. The average Bonchev–Trinajstić information content (AvgIpc) is 2.48. The molecule has 0 bridgehead atoms. The summed E-state index contributed by atoms with van der Waals surface area (Å²) in [5, 5.41) is 0. The molecule has 0 heterocycles. The molecule has 1 unspecified atom stereocenters. The first-order chi connectivity index (χ1) is 11.9. The molecule has 0 amide bonds. The average molecular weight is 360 g/mol. The Kier molecular flexibility index (Phi) is 7.61. The van der Waals surface area contributed by atoms with Crippen LogP contribution in [0.4, 0.5) is 0 Å². The fourth-order valence-electron chi connectivity index (χ4n) is 2.41. The SMILES string of the molecule is C=CCCC(Cc1ccc(C(=O)OC(C)(C)C)cc1)C(=O)OC(C)(C)C. The van der Waals surface area contributed by atoms with Gasteiger partial charge in [0.05, 0.1) is 11.5 Å². The number of carbonyl (C=O) groups is 2. The Hall–Kier alpha value is -2.10. The summed E-state index contributed by atoms with van der Waals surface area (Å²) in [5.74, 6) is -0.783. The van der Waals surface area contributed by atoms with Crippen molar-refractivity contribution in [3.63, 3.8) is 0 Å². The molecule has 0 aliphatic heterocycles. The van der Waals surface area contributed by atoms with Gasteiger partial charge in [-0.3, -0.25) is 4.79 Å². The lowest BCUT2D eigenvalue weighted by Gasteiger charge is -2.24. The van der Waals surface area contributed by atoms with E-state index in [9.17, 15) is 9.59 Å². The Morgan fingerprint density at radius 1 is 1.00 bits per heavy atom. The van der Waals surface area contributed by atoms with E-state index in [1.54, 1.807) is 12.1 Å². The first kappa shape index (κ1) is 21.9.